The first-order valence-corrected chi connectivity index (χ1v) is 10.6. The van der Waals surface area contributed by atoms with Crippen LogP contribution in [0.4, 0.5) is 0 Å². The lowest BCUT2D eigenvalue weighted by molar-refractivity contribution is 0.364. The summed E-state index contributed by atoms with van der Waals surface area (Å²) in [5.41, 5.74) is 4.04. The maximum Gasteiger partial charge on any atom is 0.247 e. The molecule has 1 aliphatic heterocycles. The van der Waals surface area contributed by atoms with E-state index in [0.29, 0.717) is 18.8 Å². The zero-order valence-electron chi connectivity index (χ0n) is 16.2. The second-order valence-corrected chi connectivity index (χ2v) is 9.06. The van der Waals surface area contributed by atoms with Gasteiger partial charge in [-0.3, -0.25) is 4.68 Å². The topological polar surface area (TPSA) is 64.4 Å². The Morgan fingerprint density at radius 1 is 1.18 bits per heavy atom. The Bertz CT molecular complexity index is 1120. The molecule has 0 bridgehead atoms. The molecule has 2 heterocycles. The number of rotatable bonds is 4. The molecule has 0 saturated heterocycles. The van der Waals surface area contributed by atoms with Gasteiger partial charge in [-0.25, -0.2) is 8.42 Å². The Kier molecular flexibility index (Phi) is 4.72. The second-order valence-electron chi connectivity index (χ2n) is 7.15. The van der Waals surface area contributed by atoms with E-state index in [2.05, 4.69) is 11.2 Å². The molecule has 1 unspecified atom stereocenters. The molecule has 0 N–H and O–H groups in total. The number of hydrogen-bond acceptors (Lipinski definition) is 4. The molecule has 0 radical (unpaired) electrons. The highest BCUT2D eigenvalue weighted by Crippen LogP contribution is 2.37. The van der Waals surface area contributed by atoms with Gasteiger partial charge in [0.2, 0.25) is 10.0 Å². The van der Waals surface area contributed by atoms with E-state index in [1.807, 2.05) is 50.6 Å². The van der Waals surface area contributed by atoms with Gasteiger partial charge in [-0.2, -0.15) is 9.40 Å². The van der Waals surface area contributed by atoms with Gasteiger partial charge in [-0.1, -0.05) is 30.3 Å². The third-order valence-corrected chi connectivity index (χ3v) is 7.06. The van der Waals surface area contributed by atoms with Crippen LogP contribution < -0.4 is 4.74 Å². The number of benzene rings is 2. The highest BCUT2D eigenvalue weighted by molar-refractivity contribution is 7.89. The molecule has 0 aliphatic carbocycles. The van der Waals surface area contributed by atoms with Gasteiger partial charge in [0.05, 0.1) is 13.3 Å². The second kappa shape index (κ2) is 7.07. The van der Waals surface area contributed by atoms with Crippen molar-refractivity contribution in [3.05, 3.63) is 77.1 Å². The van der Waals surface area contributed by atoms with Crippen LogP contribution in [0.2, 0.25) is 0 Å². The first kappa shape index (κ1) is 18.7. The first-order chi connectivity index (χ1) is 13.4. The van der Waals surface area contributed by atoms with Crippen molar-refractivity contribution in [1.29, 1.82) is 0 Å². The Morgan fingerprint density at radius 3 is 2.68 bits per heavy atom. The summed E-state index contributed by atoms with van der Waals surface area (Å²) < 4.78 is 35.7. The standard InChI is InChI=1S/C21H23N3O3S/c1-15-8-9-20(27-3)21(10-15)28(25,26)24-13-16-6-4-5-7-18(16)19(14-24)17-11-22-23(2)12-17/h4-12,19H,13-14H2,1-3H3. The fourth-order valence-electron chi connectivity index (χ4n) is 3.79. The van der Waals surface area contributed by atoms with Crippen molar-refractivity contribution < 1.29 is 13.2 Å². The van der Waals surface area contributed by atoms with Gasteiger partial charge >= 0.3 is 0 Å². The zero-order valence-corrected chi connectivity index (χ0v) is 17.0. The highest BCUT2D eigenvalue weighted by atomic mass is 32.2. The van der Waals surface area contributed by atoms with Crippen LogP contribution in [0.1, 0.15) is 28.2 Å². The van der Waals surface area contributed by atoms with Crippen LogP contribution in [0.25, 0.3) is 0 Å². The van der Waals surface area contributed by atoms with Crippen LogP contribution in [0.5, 0.6) is 5.75 Å². The number of fused-ring (bicyclic) bond motifs is 1. The fourth-order valence-corrected chi connectivity index (χ4v) is 5.46. The Morgan fingerprint density at radius 2 is 1.96 bits per heavy atom. The van der Waals surface area contributed by atoms with E-state index >= 15 is 0 Å². The monoisotopic (exact) mass is 397 g/mol. The summed E-state index contributed by atoms with van der Waals surface area (Å²) in [5.74, 6) is 0.298. The van der Waals surface area contributed by atoms with Gasteiger partial charge in [0, 0.05) is 32.3 Å². The SMILES string of the molecule is COc1ccc(C)cc1S(=O)(=O)N1Cc2ccccc2C(c2cnn(C)c2)C1. The smallest absolute Gasteiger partial charge is 0.247 e. The van der Waals surface area contributed by atoms with Gasteiger partial charge in [0.25, 0.3) is 0 Å². The van der Waals surface area contributed by atoms with Crippen molar-refractivity contribution in [3.8, 4) is 5.75 Å². The number of ether oxygens (including phenoxy) is 1. The third-order valence-electron chi connectivity index (χ3n) is 5.23. The normalized spacial score (nSPS) is 17.3. The number of hydrogen-bond donors (Lipinski definition) is 0. The van der Waals surface area contributed by atoms with Crippen molar-refractivity contribution in [2.45, 2.75) is 24.3 Å². The van der Waals surface area contributed by atoms with Crippen molar-refractivity contribution in [2.24, 2.45) is 7.05 Å². The zero-order chi connectivity index (χ0) is 19.9. The molecule has 4 rings (SSSR count). The number of sulfonamides is 1. The van der Waals surface area contributed by atoms with Gasteiger partial charge in [-0.15, -0.1) is 0 Å². The van der Waals surface area contributed by atoms with E-state index < -0.39 is 10.0 Å². The molecule has 0 saturated carbocycles. The van der Waals surface area contributed by atoms with Gasteiger partial charge in [0.1, 0.15) is 10.6 Å². The molecule has 0 amide bonds. The van der Waals surface area contributed by atoms with Crippen LogP contribution in [-0.2, 0) is 23.6 Å². The lowest BCUT2D eigenvalue weighted by Gasteiger charge is -2.34. The number of nitrogens with zero attached hydrogens (tertiary/aromatic N) is 3. The van der Waals surface area contributed by atoms with Crippen LogP contribution in [0.15, 0.2) is 59.8 Å². The summed E-state index contributed by atoms with van der Waals surface area (Å²) in [6.07, 6.45) is 3.76. The lowest BCUT2D eigenvalue weighted by atomic mass is 9.87. The molecular weight excluding hydrogens is 374 g/mol. The van der Waals surface area contributed by atoms with Crippen LogP contribution in [-0.4, -0.2) is 36.2 Å². The summed E-state index contributed by atoms with van der Waals surface area (Å²) in [6.45, 7) is 2.58. The van der Waals surface area contributed by atoms with Crippen molar-refractivity contribution in [2.75, 3.05) is 13.7 Å². The molecule has 28 heavy (non-hydrogen) atoms. The summed E-state index contributed by atoms with van der Waals surface area (Å²) in [5, 5.41) is 4.28. The van der Waals surface area contributed by atoms with Crippen LogP contribution in [0.3, 0.4) is 0 Å². The number of aromatic nitrogens is 2. The van der Waals surface area contributed by atoms with E-state index in [9.17, 15) is 8.42 Å². The molecule has 0 fully saturated rings. The maximum absolute atomic E-state index is 13.5. The maximum atomic E-state index is 13.5. The molecule has 146 valence electrons. The number of methoxy groups -OCH3 is 1. The van der Waals surface area contributed by atoms with Crippen LogP contribution >= 0.6 is 0 Å². The number of aryl methyl sites for hydroxylation is 2. The third kappa shape index (κ3) is 3.21. The quantitative estimate of drug-likeness (QED) is 0.679. The minimum absolute atomic E-state index is 0.0655. The van der Waals surface area contributed by atoms with Crippen LogP contribution in [0, 0.1) is 6.92 Å². The highest BCUT2D eigenvalue weighted by Gasteiger charge is 2.35. The lowest BCUT2D eigenvalue weighted by Crippen LogP contribution is -2.38. The average molecular weight is 398 g/mol. The van der Waals surface area contributed by atoms with E-state index in [1.165, 1.54) is 7.11 Å². The van der Waals surface area contributed by atoms with Gasteiger partial charge < -0.3 is 4.74 Å². The Labute approximate surface area is 165 Å². The predicted octanol–water partition coefficient (Wildman–Crippen LogP) is 3.07. The minimum atomic E-state index is -3.72. The van der Waals surface area contributed by atoms with Crippen molar-refractivity contribution in [3.63, 3.8) is 0 Å². The van der Waals surface area contributed by atoms with E-state index in [0.717, 1.165) is 22.3 Å². The summed E-state index contributed by atoms with van der Waals surface area (Å²) in [7, 11) is -0.364. The van der Waals surface area contributed by atoms with Crippen molar-refractivity contribution >= 4 is 10.0 Å². The molecule has 2 aromatic carbocycles. The largest absolute Gasteiger partial charge is 0.495 e. The molecule has 6 nitrogen and oxygen atoms in total. The Hall–Kier alpha value is -2.64. The van der Waals surface area contributed by atoms with E-state index in [-0.39, 0.29) is 10.8 Å². The van der Waals surface area contributed by atoms with E-state index in [1.54, 1.807) is 21.1 Å². The Balaban J connectivity index is 1.80. The minimum Gasteiger partial charge on any atom is -0.495 e. The molecule has 0 spiro atoms. The molecule has 3 aromatic rings. The molecule has 7 heteroatoms. The van der Waals surface area contributed by atoms with Gasteiger partial charge in [0.15, 0.2) is 0 Å². The molecular formula is C21H23N3O3S. The van der Waals surface area contributed by atoms with E-state index in [4.69, 9.17) is 4.74 Å². The molecule has 1 aliphatic rings. The van der Waals surface area contributed by atoms with Crippen molar-refractivity contribution in [1.82, 2.24) is 14.1 Å². The molecule has 1 atom stereocenters. The predicted molar refractivity (Wildman–Crippen MR) is 107 cm³/mol. The summed E-state index contributed by atoms with van der Waals surface area (Å²) >= 11 is 0. The fraction of sp³-hybridized carbons (Fsp3) is 0.286. The summed E-state index contributed by atoms with van der Waals surface area (Å²) in [4.78, 5) is 0.208. The first-order valence-electron chi connectivity index (χ1n) is 9.11. The molecule has 1 aromatic heterocycles. The van der Waals surface area contributed by atoms with Gasteiger partial charge in [-0.05, 0) is 41.3 Å². The average Bonchev–Trinajstić information content (AvgIpc) is 3.13. The summed E-state index contributed by atoms with van der Waals surface area (Å²) in [6, 6.07) is 13.2.